The minimum Gasteiger partial charge on any atom is -0.336 e. The van der Waals surface area contributed by atoms with Gasteiger partial charge in [-0.3, -0.25) is 9.89 Å². The van der Waals surface area contributed by atoms with Gasteiger partial charge in [0, 0.05) is 50.3 Å². The van der Waals surface area contributed by atoms with Gasteiger partial charge in [0.05, 0.1) is 11.6 Å². The molecule has 0 saturated carbocycles. The summed E-state index contributed by atoms with van der Waals surface area (Å²) >= 11 is 0. The first kappa shape index (κ1) is 37.5. The Morgan fingerprint density at radius 1 is 1.05 bits per heavy atom. The molecular weight excluding hydrogens is 528 g/mol. The number of amides is 1. The lowest BCUT2D eigenvalue weighted by molar-refractivity contribution is -0.129. The summed E-state index contributed by atoms with van der Waals surface area (Å²) in [7, 11) is 2.11. The minimum absolute atomic E-state index is 0.0742. The fraction of sp³-hybridized carbons (Fsp3) is 0.526. The van der Waals surface area contributed by atoms with Gasteiger partial charge in [-0.1, -0.05) is 84.7 Å². The van der Waals surface area contributed by atoms with Crippen molar-refractivity contribution >= 4 is 11.5 Å². The number of H-pyrrole nitrogens is 1. The number of rotatable bonds is 9. The molecule has 0 aliphatic carbocycles. The molecule has 1 aliphatic heterocycles. The molecule has 1 N–H and O–H groups in total. The summed E-state index contributed by atoms with van der Waals surface area (Å²) < 4.78 is 0. The lowest BCUT2D eigenvalue weighted by Gasteiger charge is -2.33. The fourth-order valence-electron chi connectivity index (χ4n) is 4.70. The van der Waals surface area contributed by atoms with E-state index in [0.29, 0.717) is 5.92 Å². The molecule has 234 valence electrons. The molecule has 1 amide bonds. The lowest BCUT2D eigenvalue weighted by Crippen LogP contribution is -2.48. The normalized spacial score (nSPS) is 14.9. The number of nitrogens with zero attached hydrogens (tertiary/aromatic N) is 3. The van der Waals surface area contributed by atoms with Crippen molar-refractivity contribution in [1.29, 1.82) is 0 Å². The second-order valence-corrected chi connectivity index (χ2v) is 12.3. The van der Waals surface area contributed by atoms with Crippen molar-refractivity contribution in [3.8, 4) is 24.7 Å². The van der Waals surface area contributed by atoms with E-state index in [0.717, 1.165) is 80.3 Å². The second-order valence-electron chi connectivity index (χ2n) is 12.3. The van der Waals surface area contributed by atoms with Gasteiger partial charge in [0.15, 0.2) is 0 Å². The van der Waals surface area contributed by atoms with Crippen molar-refractivity contribution in [3.05, 3.63) is 70.6 Å². The van der Waals surface area contributed by atoms with E-state index in [2.05, 4.69) is 139 Å². The maximum Gasteiger partial charge on any atom is 0.251 e. The van der Waals surface area contributed by atoms with Gasteiger partial charge in [-0.25, -0.2) is 0 Å². The van der Waals surface area contributed by atoms with Crippen LogP contribution in [0, 0.1) is 42.4 Å². The van der Waals surface area contributed by atoms with Gasteiger partial charge in [-0.05, 0) is 67.5 Å². The Labute approximate surface area is 263 Å². The zero-order valence-electron chi connectivity index (χ0n) is 28.3. The van der Waals surface area contributed by atoms with Crippen molar-refractivity contribution in [2.45, 2.75) is 81.1 Å². The van der Waals surface area contributed by atoms with Gasteiger partial charge in [0.25, 0.3) is 5.91 Å². The summed E-state index contributed by atoms with van der Waals surface area (Å²) in [6.45, 7) is 20.6. The van der Waals surface area contributed by atoms with Gasteiger partial charge in [-0.2, -0.15) is 5.10 Å². The predicted molar refractivity (Wildman–Crippen MR) is 184 cm³/mol. The Kier molecular flexibility index (Phi) is 17.8. The number of carbonyl (C=O) groups excluding carboxylic acids is 1. The van der Waals surface area contributed by atoms with Gasteiger partial charge in [0.2, 0.25) is 0 Å². The third-order valence-electron chi connectivity index (χ3n) is 6.97. The van der Waals surface area contributed by atoms with Crippen molar-refractivity contribution in [1.82, 2.24) is 20.0 Å². The van der Waals surface area contributed by atoms with Crippen molar-refractivity contribution in [2.75, 3.05) is 33.2 Å². The van der Waals surface area contributed by atoms with Crippen molar-refractivity contribution in [3.63, 3.8) is 0 Å². The predicted octanol–water partition coefficient (Wildman–Crippen LogP) is 7.87. The minimum atomic E-state index is -0.0742. The van der Waals surface area contributed by atoms with Crippen LogP contribution in [0.4, 0.5) is 0 Å². The fourth-order valence-corrected chi connectivity index (χ4v) is 4.70. The van der Waals surface area contributed by atoms with Crippen LogP contribution >= 0.6 is 0 Å². The summed E-state index contributed by atoms with van der Waals surface area (Å²) in [6.07, 6.45) is 13.5. The Hall–Kier alpha value is -3.54. The van der Waals surface area contributed by atoms with Gasteiger partial charge >= 0.3 is 0 Å². The first-order chi connectivity index (χ1) is 20.5. The van der Waals surface area contributed by atoms with Crippen LogP contribution in [0.2, 0.25) is 0 Å². The Bertz CT molecular complexity index is 1230. The largest absolute Gasteiger partial charge is 0.336 e. The van der Waals surface area contributed by atoms with E-state index in [1.165, 1.54) is 11.1 Å². The highest BCUT2D eigenvalue weighted by atomic mass is 16.2. The Balaban J connectivity index is 0.00000142. The number of terminal acetylenes is 1. The molecule has 1 unspecified atom stereocenters. The van der Waals surface area contributed by atoms with Crippen LogP contribution in [0.3, 0.4) is 0 Å². The maximum absolute atomic E-state index is 13.9. The number of carbonyl (C=O) groups is 1. The quantitative estimate of drug-likeness (QED) is 0.185. The average molecular weight is 585 g/mol. The Morgan fingerprint density at radius 2 is 1.65 bits per heavy atom. The molecule has 1 aromatic heterocycles. The molecule has 0 bridgehead atoms. The monoisotopic (exact) mass is 584 g/mol. The van der Waals surface area contributed by atoms with E-state index in [-0.39, 0.29) is 11.8 Å². The molecule has 0 spiro atoms. The number of aromatic amines is 1. The van der Waals surface area contributed by atoms with Crippen molar-refractivity contribution < 1.29 is 4.79 Å². The molecule has 1 saturated heterocycles. The number of benzene rings is 1. The number of aromatic nitrogens is 2. The van der Waals surface area contributed by atoms with Crippen LogP contribution < -0.4 is 0 Å². The Morgan fingerprint density at radius 3 is 2.19 bits per heavy atom. The van der Waals surface area contributed by atoms with Crippen LogP contribution in [-0.4, -0.2) is 59.1 Å². The third kappa shape index (κ3) is 13.5. The van der Waals surface area contributed by atoms with Gasteiger partial charge < -0.3 is 9.80 Å². The molecule has 1 atom stereocenters. The van der Waals surface area contributed by atoms with Crippen LogP contribution in [0.15, 0.2) is 53.6 Å². The first-order valence-electron chi connectivity index (χ1n) is 15.8. The zero-order chi connectivity index (χ0) is 32.4. The molecule has 0 radical (unpaired) electrons. The molecule has 43 heavy (non-hydrogen) atoms. The average Bonchev–Trinajstić information content (AvgIpc) is 3.45. The van der Waals surface area contributed by atoms with Crippen molar-refractivity contribution in [2.24, 2.45) is 17.8 Å². The van der Waals surface area contributed by atoms with Gasteiger partial charge in [-0.15, -0.1) is 18.8 Å². The van der Waals surface area contributed by atoms with E-state index in [4.69, 9.17) is 0 Å². The smallest absolute Gasteiger partial charge is 0.251 e. The molecule has 3 rings (SSSR count). The second kappa shape index (κ2) is 20.4. The number of hydrogen-bond donors (Lipinski definition) is 1. The van der Waals surface area contributed by atoms with E-state index in [1.807, 2.05) is 11.0 Å². The highest BCUT2D eigenvalue weighted by molar-refractivity contribution is 5.95. The van der Waals surface area contributed by atoms with Crippen LogP contribution in [0.1, 0.15) is 91.6 Å². The van der Waals surface area contributed by atoms with Gasteiger partial charge in [0.1, 0.15) is 0 Å². The first-order valence-corrected chi connectivity index (χ1v) is 15.8. The summed E-state index contributed by atoms with van der Waals surface area (Å²) in [4.78, 5) is 18.2. The summed E-state index contributed by atoms with van der Waals surface area (Å²) in [5.74, 6) is 7.98. The zero-order valence-corrected chi connectivity index (χ0v) is 28.3. The molecule has 5 nitrogen and oxygen atoms in total. The molecule has 1 fully saturated rings. The van der Waals surface area contributed by atoms with E-state index in [1.54, 1.807) is 0 Å². The van der Waals surface area contributed by atoms with Crippen LogP contribution in [0.25, 0.3) is 5.57 Å². The molecular formula is C38H56N4O. The molecule has 2 aromatic rings. The molecule has 2 heterocycles. The number of likely N-dealkylation sites (N-methyl/N-ethyl adjacent to an activating group) is 1. The summed E-state index contributed by atoms with van der Waals surface area (Å²) in [6, 6.07) is 12.6. The lowest BCUT2D eigenvalue weighted by atomic mass is 9.89. The number of allylic oxidation sites excluding steroid dienone is 3. The number of piperazine rings is 1. The van der Waals surface area contributed by atoms with E-state index in [9.17, 15) is 4.79 Å². The standard InChI is InChI=1S/C32H44N4O.C4H10.C2H2/c1-7-9-15-27(8-2)30(32(37)36-18-16-35(6)17-19-36)22-28(20-24(3)4)25(5)31-23-29(33-34-31)21-26-13-11-10-12-14-26;1-4(2)3;1-2/h10-14,22-24,27H,7-8,16-21H2,1-6H3,(H,33,34);4H,1-3H3;1-2H/b28-25+,30-22+;;. The number of hydrogen-bond acceptors (Lipinski definition) is 3. The summed E-state index contributed by atoms with van der Waals surface area (Å²) in [5, 5.41) is 7.89. The SMILES string of the molecule is C#C.CC(C)C.CCC#CC(CC)/C(=C\C(CC(C)C)=C(/C)c1cc(Cc2ccccc2)[nH]n1)C(=O)N1CCN(C)CC1. The highest BCUT2D eigenvalue weighted by Crippen LogP contribution is 2.28. The third-order valence-corrected chi connectivity index (χ3v) is 6.97. The number of nitrogens with one attached hydrogen (secondary N) is 1. The maximum atomic E-state index is 13.9. The molecule has 1 aliphatic rings. The summed E-state index contributed by atoms with van der Waals surface area (Å²) in [5.41, 5.74) is 6.39. The molecule has 5 heteroatoms. The van der Waals surface area contributed by atoms with Crippen LogP contribution in [0.5, 0.6) is 0 Å². The topological polar surface area (TPSA) is 52.2 Å². The van der Waals surface area contributed by atoms with E-state index >= 15 is 0 Å². The van der Waals surface area contributed by atoms with E-state index < -0.39 is 0 Å². The van der Waals surface area contributed by atoms with Crippen LogP contribution in [-0.2, 0) is 11.2 Å². The highest BCUT2D eigenvalue weighted by Gasteiger charge is 2.26. The molecule has 1 aromatic carbocycles.